The van der Waals surface area contributed by atoms with Gasteiger partial charge in [0.25, 0.3) is 5.91 Å². The van der Waals surface area contributed by atoms with Crippen molar-refractivity contribution in [1.82, 2.24) is 10.2 Å². The molecule has 1 fully saturated rings. The first-order valence-corrected chi connectivity index (χ1v) is 13.7. The smallest absolute Gasteiger partial charge is 0.265 e. The monoisotopic (exact) mass is 530 g/mol. The zero-order valence-corrected chi connectivity index (χ0v) is 22.0. The van der Waals surface area contributed by atoms with Crippen LogP contribution in [0.25, 0.3) is 6.08 Å². The lowest BCUT2D eigenvalue weighted by molar-refractivity contribution is -0.122. The molecule has 1 saturated heterocycles. The van der Waals surface area contributed by atoms with E-state index in [0.717, 1.165) is 55.3 Å². The van der Waals surface area contributed by atoms with Gasteiger partial charge in [-0.05, 0) is 48.9 Å². The van der Waals surface area contributed by atoms with E-state index >= 15 is 0 Å². The topological polar surface area (TPSA) is 55.9 Å². The van der Waals surface area contributed by atoms with Crippen LogP contribution >= 0.6 is 11.8 Å². The molecule has 0 bridgehead atoms. The molecule has 1 N–H and O–H groups in total. The molecule has 8 heteroatoms. The maximum absolute atomic E-state index is 14.1. The quantitative estimate of drug-likeness (QED) is 0.340. The van der Waals surface area contributed by atoms with Crippen molar-refractivity contribution in [2.45, 2.75) is 11.3 Å². The zero-order chi connectivity index (χ0) is 26.3. The van der Waals surface area contributed by atoms with E-state index in [1.165, 1.54) is 17.8 Å². The van der Waals surface area contributed by atoms with Crippen molar-refractivity contribution in [3.63, 3.8) is 0 Å². The number of carbonyl (C=O) groups is 2. The predicted molar refractivity (Wildman–Crippen MR) is 152 cm³/mol. The minimum Gasteiger partial charge on any atom is -0.367 e. The molecule has 2 aliphatic rings. The van der Waals surface area contributed by atoms with Gasteiger partial charge >= 0.3 is 0 Å². The summed E-state index contributed by atoms with van der Waals surface area (Å²) in [6.45, 7) is 4.64. The standard InChI is InChI=1S/C30H31FN4O2S/c31-24-11-4-5-12-25(24)34-19-17-33(18-20-34)16-8-15-32-29(36)22-35-26-13-6-7-14-27(26)38-28(30(35)37)21-23-9-2-1-3-10-23/h1-7,9-14,21H,8,15-20,22H2,(H,32,36). The van der Waals surface area contributed by atoms with E-state index in [-0.39, 0.29) is 24.2 Å². The molecule has 0 aromatic heterocycles. The van der Waals surface area contributed by atoms with Gasteiger partial charge in [0.05, 0.1) is 16.3 Å². The Hall–Kier alpha value is -3.62. The highest BCUT2D eigenvalue weighted by molar-refractivity contribution is 8.04. The summed E-state index contributed by atoms with van der Waals surface area (Å²) < 4.78 is 14.1. The molecule has 0 saturated carbocycles. The zero-order valence-electron chi connectivity index (χ0n) is 21.2. The molecular weight excluding hydrogens is 499 g/mol. The first-order valence-electron chi connectivity index (χ1n) is 12.9. The van der Waals surface area contributed by atoms with Crippen molar-refractivity contribution in [2.24, 2.45) is 0 Å². The van der Waals surface area contributed by atoms with Gasteiger partial charge in [0, 0.05) is 37.6 Å². The number of rotatable bonds is 8. The Bertz CT molecular complexity index is 1310. The molecule has 2 aliphatic heterocycles. The molecule has 3 aromatic carbocycles. The Morgan fingerprint density at radius 3 is 2.34 bits per heavy atom. The Kier molecular flexibility index (Phi) is 8.41. The maximum Gasteiger partial charge on any atom is 0.265 e. The summed E-state index contributed by atoms with van der Waals surface area (Å²) in [6.07, 6.45) is 2.69. The van der Waals surface area contributed by atoms with Gasteiger partial charge in [-0.15, -0.1) is 0 Å². The number of fused-ring (bicyclic) bond motifs is 1. The number of thioether (sulfide) groups is 1. The summed E-state index contributed by atoms with van der Waals surface area (Å²) >= 11 is 1.44. The van der Waals surface area contributed by atoms with Crippen LogP contribution in [0.15, 0.2) is 88.7 Å². The van der Waals surface area contributed by atoms with Crippen molar-refractivity contribution in [2.75, 3.05) is 55.6 Å². The summed E-state index contributed by atoms with van der Waals surface area (Å²) in [7, 11) is 0. The minimum absolute atomic E-state index is 0.0240. The number of nitrogens with one attached hydrogen (secondary N) is 1. The molecule has 196 valence electrons. The highest BCUT2D eigenvalue weighted by Gasteiger charge is 2.30. The number of nitrogens with zero attached hydrogens (tertiary/aromatic N) is 3. The van der Waals surface area contributed by atoms with Crippen LogP contribution in [0, 0.1) is 5.82 Å². The lowest BCUT2D eigenvalue weighted by atomic mass is 10.2. The molecule has 0 radical (unpaired) electrons. The van der Waals surface area contributed by atoms with Crippen LogP contribution in [0.5, 0.6) is 0 Å². The van der Waals surface area contributed by atoms with Gasteiger partial charge < -0.3 is 10.2 Å². The van der Waals surface area contributed by atoms with Crippen LogP contribution in [0.3, 0.4) is 0 Å². The minimum atomic E-state index is -0.181. The number of anilines is 2. The number of amides is 2. The number of carbonyl (C=O) groups excluding carboxylic acids is 2. The van der Waals surface area contributed by atoms with Crippen LogP contribution < -0.4 is 15.1 Å². The molecule has 5 rings (SSSR count). The SMILES string of the molecule is O=C(CN1C(=O)C(=Cc2ccccc2)Sc2ccccc21)NCCCN1CCN(c2ccccc2F)CC1. The lowest BCUT2D eigenvalue weighted by Gasteiger charge is -2.36. The predicted octanol–water partition coefficient (Wildman–Crippen LogP) is 4.63. The Labute approximate surface area is 227 Å². The van der Waals surface area contributed by atoms with Crippen LogP contribution in [-0.2, 0) is 9.59 Å². The second kappa shape index (κ2) is 12.3. The van der Waals surface area contributed by atoms with Gasteiger partial charge in [0.15, 0.2) is 0 Å². The molecule has 0 atom stereocenters. The van der Waals surface area contributed by atoms with Crippen LogP contribution in [0.4, 0.5) is 15.8 Å². The molecule has 0 spiro atoms. The largest absolute Gasteiger partial charge is 0.367 e. The molecular formula is C30H31FN4O2S. The number of benzene rings is 3. The summed E-state index contributed by atoms with van der Waals surface area (Å²) in [6, 6.07) is 24.3. The molecule has 2 heterocycles. The van der Waals surface area contributed by atoms with Crippen molar-refractivity contribution in [3.05, 3.63) is 95.1 Å². The van der Waals surface area contributed by atoms with Crippen LogP contribution in [0.1, 0.15) is 12.0 Å². The van der Waals surface area contributed by atoms with Crippen molar-refractivity contribution in [1.29, 1.82) is 0 Å². The fourth-order valence-electron chi connectivity index (χ4n) is 4.77. The Morgan fingerprint density at radius 2 is 1.58 bits per heavy atom. The first kappa shape index (κ1) is 26.0. The summed E-state index contributed by atoms with van der Waals surface area (Å²) in [5, 5.41) is 2.98. The van der Waals surface area contributed by atoms with E-state index in [1.807, 2.05) is 72.8 Å². The Morgan fingerprint density at radius 1 is 0.895 bits per heavy atom. The van der Waals surface area contributed by atoms with E-state index in [0.29, 0.717) is 17.1 Å². The molecule has 0 aliphatic carbocycles. The molecule has 2 amide bonds. The van der Waals surface area contributed by atoms with E-state index in [4.69, 9.17) is 0 Å². The third-order valence-electron chi connectivity index (χ3n) is 6.77. The Balaban J connectivity index is 1.11. The fraction of sp³-hybridized carbons (Fsp3) is 0.267. The fourth-order valence-corrected chi connectivity index (χ4v) is 5.83. The summed E-state index contributed by atoms with van der Waals surface area (Å²) in [5.74, 6) is -0.524. The van der Waals surface area contributed by atoms with Gasteiger partial charge in [-0.3, -0.25) is 19.4 Å². The normalized spacial score (nSPS) is 17.0. The van der Waals surface area contributed by atoms with Crippen molar-refractivity contribution < 1.29 is 14.0 Å². The first-order chi connectivity index (χ1) is 18.6. The summed E-state index contributed by atoms with van der Waals surface area (Å²) in [5.41, 5.74) is 2.37. The average molecular weight is 531 g/mol. The van der Waals surface area contributed by atoms with Gasteiger partial charge in [0.2, 0.25) is 5.91 Å². The van der Waals surface area contributed by atoms with Gasteiger partial charge in [-0.2, -0.15) is 0 Å². The summed E-state index contributed by atoms with van der Waals surface area (Å²) in [4.78, 5) is 33.7. The molecule has 0 unspecified atom stereocenters. The van der Waals surface area contributed by atoms with Crippen molar-refractivity contribution >= 4 is 41.0 Å². The average Bonchev–Trinajstić information content (AvgIpc) is 2.95. The van der Waals surface area contributed by atoms with Crippen molar-refractivity contribution in [3.8, 4) is 0 Å². The highest BCUT2D eigenvalue weighted by atomic mass is 32.2. The maximum atomic E-state index is 14.1. The second-order valence-electron chi connectivity index (χ2n) is 9.36. The third kappa shape index (κ3) is 6.26. The van der Waals surface area contributed by atoms with Gasteiger partial charge in [0.1, 0.15) is 12.4 Å². The van der Waals surface area contributed by atoms with Gasteiger partial charge in [-0.25, -0.2) is 4.39 Å². The highest BCUT2D eigenvalue weighted by Crippen LogP contribution is 2.41. The number of hydrogen-bond donors (Lipinski definition) is 1. The number of halogens is 1. The third-order valence-corrected chi connectivity index (χ3v) is 7.85. The lowest BCUT2D eigenvalue weighted by Crippen LogP contribution is -2.47. The molecule has 3 aromatic rings. The van der Waals surface area contributed by atoms with E-state index in [1.54, 1.807) is 11.0 Å². The van der Waals surface area contributed by atoms with E-state index in [9.17, 15) is 14.0 Å². The molecule has 38 heavy (non-hydrogen) atoms. The van der Waals surface area contributed by atoms with Crippen LogP contribution in [-0.4, -0.2) is 62.5 Å². The number of para-hydroxylation sites is 2. The van der Waals surface area contributed by atoms with E-state index < -0.39 is 0 Å². The van der Waals surface area contributed by atoms with Gasteiger partial charge in [-0.1, -0.05) is 66.4 Å². The number of piperazine rings is 1. The number of hydrogen-bond acceptors (Lipinski definition) is 5. The molecule has 6 nitrogen and oxygen atoms in total. The second-order valence-corrected chi connectivity index (χ2v) is 10.4. The van der Waals surface area contributed by atoms with E-state index in [2.05, 4.69) is 15.1 Å². The van der Waals surface area contributed by atoms with Crippen LogP contribution in [0.2, 0.25) is 0 Å².